The number of hydrogen-bond acceptors (Lipinski definition) is 2. The second kappa shape index (κ2) is 7.04. The first-order valence-electron chi connectivity index (χ1n) is 6.83. The van der Waals surface area contributed by atoms with Crippen molar-refractivity contribution in [1.29, 1.82) is 0 Å². The van der Waals surface area contributed by atoms with Crippen LogP contribution in [0.25, 0.3) is 0 Å². The fourth-order valence-corrected chi connectivity index (χ4v) is 2.53. The van der Waals surface area contributed by atoms with Gasteiger partial charge in [-0.15, -0.1) is 12.4 Å². The summed E-state index contributed by atoms with van der Waals surface area (Å²) in [6, 6.07) is 4.52. The van der Waals surface area contributed by atoms with Crippen LogP contribution in [0.3, 0.4) is 0 Å². The first kappa shape index (κ1) is 16.9. The first-order chi connectivity index (χ1) is 9.00. The molecule has 1 aliphatic carbocycles. The van der Waals surface area contributed by atoms with Crippen molar-refractivity contribution in [2.45, 2.75) is 44.6 Å². The Morgan fingerprint density at radius 2 is 2.00 bits per heavy atom. The van der Waals surface area contributed by atoms with Gasteiger partial charge in [0.2, 0.25) is 0 Å². The van der Waals surface area contributed by atoms with Crippen LogP contribution < -0.4 is 11.1 Å². The molecule has 3 N–H and O–H groups in total. The minimum Gasteiger partial charge on any atom is -0.350 e. The summed E-state index contributed by atoms with van der Waals surface area (Å²) in [7, 11) is 0. The molecule has 2 rings (SSSR count). The number of benzene rings is 1. The summed E-state index contributed by atoms with van der Waals surface area (Å²) < 4.78 is 13.4. The van der Waals surface area contributed by atoms with E-state index in [1.165, 1.54) is 12.5 Å². The summed E-state index contributed by atoms with van der Waals surface area (Å²) >= 11 is 0. The number of halogens is 2. The van der Waals surface area contributed by atoms with Gasteiger partial charge in [-0.3, -0.25) is 4.79 Å². The highest BCUT2D eigenvalue weighted by Crippen LogP contribution is 2.25. The van der Waals surface area contributed by atoms with E-state index in [1.54, 1.807) is 19.1 Å². The van der Waals surface area contributed by atoms with Gasteiger partial charge in [0.25, 0.3) is 5.91 Å². The lowest BCUT2D eigenvalue weighted by Crippen LogP contribution is -2.51. The molecule has 0 aromatic heterocycles. The smallest absolute Gasteiger partial charge is 0.251 e. The lowest BCUT2D eigenvalue weighted by atomic mass is 9.82. The fraction of sp³-hybridized carbons (Fsp3) is 0.533. The SMILES string of the molecule is Cc1ccc(C(=O)NCC2(N)CCCCC2)cc1F.Cl. The van der Waals surface area contributed by atoms with Crippen molar-refractivity contribution in [1.82, 2.24) is 5.32 Å². The first-order valence-corrected chi connectivity index (χ1v) is 6.83. The molecule has 1 aromatic carbocycles. The Morgan fingerprint density at radius 3 is 2.60 bits per heavy atom. The van der Waals surface area contributed by atoms with E-state index in [0.717, 1.165) is 25.7 Å². The van der Waals surface area contributed by atoms with E-state index in [4.69, 9.17) is 5.73 Å². The number of aryl methyl sites for hydroxylation is 1. The number of carbonyl (C=O) groups excluding carboxylic acids is 1. The highest BCUT2D eigenvalue weighted by Gasteiger charge is 2.27. The number of nitrogens with one attached hydrogen (secondary N) is 1. The summed E-state index contributed by atoms with van der Waals surface area (Å²) in [6.07, 6.45) is 5.33. The molecule has 1 fully saturated rings. The number of amides is 1. The highest BCUT2D eigenvalue weighted by molar-refractivity contribution is 5.94. The number of hydrogen-bond donors (Lipinski definition) is 2. The van der Waals surface area contributed by atoms with Gasteiger partial charge < -0.3 is 11.1 Å². The Kier molecular flexibility index (Phi) is 5.96. The quantitative estimate of drug-likeness (QED) is 0.902. The van der Waals surface area contributed by atoms with Gasteiger partial charge in [-0.05, 0) is 37.5 Å². The molecular weight excluding hydrogens is 279 g/mol. The summed E-state index contributed by atoms with van der Waals surface area (Å²) in [5.41, 5.74) is 6.85. The maximum absolute atomic E-state index is 13.4. The molecule has 20 heavy (non-hydrogen) atoms. The number of nitrogens with two attached hydrogens (primary N) is 1. The van der Waals surface area contributed by atoms with Crippen molar-refractivity contribution in [3.8, 4) is 0 Å². The van der Waals surface area contributed by atoms with Crippen molar-refractivity contribution in [3.63, 3.8) is 0 Å². The Morgan fingerprint density at radius 1 is 1.35 bits per heavy atom. The molecule has 1 amide bonds. The van der Waals surface area contributed by atoms with Crippen LogP contribution in [0.2, 0.25) is 0 Å². The molecule has 0 spiro atoms. The van der Waals surface area contributed by atoms with Crippen LogP contribution in [0.5, 0.6) is 0 Å². The monoisotopic (exact) mass is 300 g/mol. The third kappa shape index (κ3) is 4.18. The molecule has 3 nitrogen and oxygen atoms in total. The van der Waals surface area contributed by atoms with Crippen LogP contribution in [0.15, 0.2) is 18.2 Å². The average molecular weight is 301 g/mol. The molecule has 112 valence electrons. The van der Waals surface area contributed by atoms with Gasteiger partial charge >= 0.3 is 0 Å². The number of rotatable bonds is 3. The molecule has 0 heterocycles. The topological polar surface area (TPSA) is 55.1 Å². The third-order valence-corrected chi connectivity index (χ3v) is 3.88. The highest BCUT2D eigenvalue weighted by atomic mass is 35.5. The molecule has 5 heteroatoms. The van der Waals surface area contributed by atoms with Crippen molar-refractivity contribution in [3.05, 3.63) is 35.1 Å². The van der Waals surface area contributed by atoms with E-state index in [0.29, 0.717) is 17.7 Å². The van der Waals surface area contributed by atoms with E-state index in [1.807, 2.05) is 0 Å². The second-order valence-electron chi connectivity index (χ2n) is 5.57. The third-order valence-electron chi connectivity index (χ3n) is 3.88. The maximum atomic E-state index is 13.4. The van der Waals surface area contributed by atoms with Gasteiger partial charge in [0.1, 0.15) is 5.82 Å². The van der Waals surface area contributed by atoms with Gasteiger partial charge in [-0.1, -0.05) is 25.3 Å². The molecule has 1 saturated carbocycles. The predicted molar refractivity (Wildman–Crippen MR) is 80.7 cm³/mol. The average Bonchev–Trinajstić information content (AvgIpc) is 2.40. The van der Waals surface area contributed by atoms with E-state index in [2.05, 4.69) is 5.32 Å². The minimum absolute atomic E-state index is 0. The molecule has 0 aliphatic heterocycles. The Bertz CT molecular complexity index is 473. The summed E-state index contributed by atoms with van der Waals surface area (Å²) in [5, 5.41) is 2.83. The van der Waals surface area contributed by atoms with Crippen LogP contribution >= 0.6 is 12.4 Å². The van der Waals surface area contributed by atoms with Crippen LogP contribution in [-0.2, 0) is 0 Å². The molecule has 0 saturated heterocycles. The van der Waals surface area contributed by atoms with E-state index in [-0.39, 0.29) is 29.7 Å². The minimum atomic E-state index is -0.354. The van der Waals surface area contributed by atoms with E-state index in [9.17, 15) is 9.18 Å². The molecule has 1 aromatic rings. The second-order valence-corrected chi connectivity index (χ2v) is 5.57. The van der Waals surface area contributed by atoms with Crippen molar-refractivity contribution < 1.29 is 9.18 Å². The van der Waals surface area contributed by atoms with Crippen molar-refractivity contribution in [2.75, 3.05) is 6.54 Å². The summed E-state index contributed by atoms with van der Waals surface area (Å²) in [4.78, 5) is 12.0. The Balaban J connectivity index is 0.00000200. The zero-order chi connectivity index (χ0) is 13.9. The Hall–Kier alpha value is -1.13. The molecule has 0 unspecified atom stereocenters. The van der Waals surface area contributed by atoms with Gasteiger partial charge in [0.15, 0.2) is 0 Å². The van der Waals surface area contributed by atoms with Crippen LogP contribution in [0.1, 0.15) is 48.0 Å². The van der Waals surface area contributed by atoms with E-state index < -0.39 is 0 Å². The lowest BCUT2D eigenvalue weighted by Gasteiger charge is -2.33. The van der Waals surface area contributed by atoms with Gasteiger partial charge in [-0.2, -0.15) is 0 Å². The molecule has 0 bridgehead atoms. The van der Waals surface area contributed by atoms with Crippen molar-refractivity contribution >= 4 is 18.3 Å². The van der Waals surface area contributed by atoms with Crippen LogP contribution in [0, 0.1) is 12.7 Å². The maximum Gasteiger partial charge on any atom is 0.251 e. The normalized spacial score (nSPS) is 17.1. The standard InChI is InChI=1S/C15H21FN2O.ClH/c1-11-5-6-12(9-13(11)16)14(19)18-10-15(17)7-3-2-4-8-15;/h5-6,9H,2-4,7-8,10,17H2,1H3,(H,18,19);1H. The molecular formula is C15H22ClFN2O. The zero-order valence-electron chi connectivity index (χ0n) is 11.7. The largest absolute Gasteiger partial charge is 0.350 e. The predicted octanol–water partition coefficient (Wildman–Crippen LogP) is 2.95. The van der Waals surface area contributed by atoms with Crippen LogP contribution in [0.4, 0.5) is 4.39 Å². The molecule has 0 atom stereocenters. The van der Waals surface area contributed by atoms with Gasteiger partial charge in [0.05, 0.1) is 0 Å². The van der Waals surface area contributed by atoms with Gasteiger partial charge in [0, 0.05) is 17.6 Å². The fourth-order valence-electron chi connectivity index (χ4n) is 2.53. The summed E-state index contributed by atoms with van der Waals surface area (Å²) in [5.74, 6) is -0.609. The van der Waals surface area contributed by atoms with E-state index >= 15 is 0 Å². The Labute approximate surface area is 125 Å². The van der Waals surface area contributed by atoms with Crippen LogP contribution in [-0.4, -0.2) is 18.0 Å². The summed E-state index contributed by atoms with van der Waals surface area (Å²) in [6.45, 7) is 2.13. The van der Waals surface area contributed by atoms with Crippen molar-refractivity contribution in [2.24, 2.45) is 5.73 Å². The number of carbonyl (C=O) groups is 1. The zero-order valence-corrected chi connectivity index (χ0v) is 12.6. The molecule has 1 aliphatic rings. The lowest BCUT2D eigenvalue weighted by molar-refractivity contribution is 0.0937. The van der Waals surface area contributed by atoms with Gasteiger partial charge in [-0.25, -0.2) is 4.39 Å². The molecule has 0 radical (unpaired) electrons.